The van der Waals surface area contributed by atoms with E-state index in [1.54, 1.807) is 0 Å². The van der Waals surface area contributed by atoms with Crippen LogP contribution in [0, 0.1) is 11.8 Å². The van der Waals surface area contributed by atoms with Gasteiger partial charge >= 0.3 is 6.03 Å². The normalized spacial score (nSPS) is 18.2. The molecule has 5 nitrogen and oxygen atoms in total. The molecule has 2 aliphatic rings. The Labute approximate surface area is 150 Å². The topological polar surface area (TPSA) is 70.2 Å². The molecule has 2 aliphatic carbocycles. The van der Waals surface area contributed by atoms with Gasteiger partial charge < -0.3 is 16.0 Å². The minimum absolute atomic E-state index is 0.113. The van der Waals surface area contributed by atoms with Gasteiger partial charge in [-0.05, 0) is 49.3 Å². The second-order valence-corrected chi connectivity index (χ2v) is 7.39. The molecule has 1 aromatic rings. The van der Waals surface area contributed by atoms with Gasteiger partial charge in [0, 0.05) is 24.7 Å². The van der Waals surface area contributed by atoms with Crippen molar-refractivity contribution in [3.63, 3.8) is 0 Å². The third-order valence-corrected chi connectivity index (χ3v) is 5.40. The minimum Gasteiger partial charge on any atom is -0.338 e. The molecule has 2 fully saturated rings. The largest absolute Gasteiger partial charge is 0.338 e. The standard InChI is InChI=1S/C20H29N3O2/c24-19(17-9-5-10-17)23-18-11-4-8-16(12-18)14-22-20(25)21-13-15-6-2-1-3-7-15/h4,8,11-12,15,17H,1-3,5-7,9-10,13-14H2,(H,23,24)(H2,21,22,25). The minimum atomic E-state index is -0.116. The molecule has 25 heavy (non-hydrogen) atoms. The van der Waals surface area contributed by atoms with Crippen LogP contribution in [0.5, 0.6) is 0 Å². The van der Waals surface area contributed by atoms with Crippen molar-refractivity contribution in [2.24, 2.45) is 11.8 Å². The van der Waals surface area contributed by atoms with Crippen LogP contribution in [-0.2, 0) is 11.3 Å². The van der Waals surface area contributed by atoms with Crippen LogP contribution in [0.1, 0.15) is 56.9 Å². The van der Waals surface area contributed by atoms with Gasteiger partial charge in [-0.2, -0.15) is 0 Å². The SMILES string of the molecule is O=C(NCc1cccc(NC(=O)C2CCC2)c1)NCC1CCCCC1. The quantitative estimate of drug-likeness (QED) is 0.735. The molecule has 0 saturated heterocycles. The molecule has 5 heteroatoms. The van der Waals surface area contributed by atoms with E-state index in [9.17, 15) is 9.59 Å². The number of urea groups is 1. The Bertz CT molecular complexity index is 592. The van der Waals surface area contributed by atoms with E-state index < -0.39 is 0 Å². The number of anilines is 1. The summed E-state index contributed by atoms with van der Waals surface area (Å²) in [5, 5.41) is 8.85. The van der Waals surface area contributed by atoms with Gasteiger partial charge in [0.15, 0.2) is 0 Å². The summed E-state index contributed by atoms with van der Waals surface area (Å²) in [5.74, 6) is 0.915. The number of amides is 3. The summed E-state index contributed by atoms with van der Waals surface area (Å²) in [7, 11) is 0. The van der Waals surface area contributed by atoms with Crippen LogP contribution in [0.4, 0.5) is 10.5 Å². The fraction of sp³-hybridized carbons (Fsp3) is 0.600. The smallest absolute Gasteiger partial charge is 0.315 e. The highest BCUT2D eigenvalue weighted by molar-refractivity contribution is 5.93. The predicted molar refractivity (Wildman–Crippen MR) is 99.2 cm³/mol. The number of hydrogen-bond acceptors (Lipinski definition) is 2. The van der Waals surface area contributed by atoms with E-state index >= 15 is 0 Å². The lowest BCUT2D eigenvalue weighted by Gasteiger charge is -2.24. The highest BCUT2D eigenvalue weighted by atomic mass is 16.2. The van der Waals surface area contributed by atoms with Gasteiger partial charge in [-0.1, -0.05) is 37.8 Å². The summed E-state index contributed by atoms with van der Waals surface area (Å²) in [6, 6.07) is 7.57. The lowest BCUT2D eigenvalue weighted by Crippen LogP contribution is -2.38. The van der Waals surface area contributed by atoms with Crippen molar-refractivity contribution in [2.75, 3.05) is 11.9 Å². The highest BCUT2D eigenvalue weighted by Gasteiger charge is 2.25. The van der Waals surface area contributed by atoms with Gasteiger partial charge in [0.2, 0.25) is 5.91 Å². The third kappa shape index (κ3) is 5.48. The maximum absolute atomic E-state index is 12.0. The molecule has 136 valence electrons. The van der Waals surface area contributed by atoms with Crippen molar-refractivity contribution < 1.29 is 9.59 Å². The Balaban J connectivity index is 1.40. The fourth-order valence-electron chi connectivity index (χ4n) is 3.55. The molecule has 3 amide bonds. The lowest BCUT2D eigenvalue weighted by molar-refractivity contribution is -0.122. The van der Waals surface area contributed by atoms with Gasteiger partial charge in [0.1, 0.15) is 0 Å². The molecule has 3 N–H and O–H groups in total. The van der Waals surface area contributed by atoms with Crippen molar-refractivity contribution in [2.45, 2.75) is 57.9 Å². The van der Waals surface area contributed by atoms with E-state index in [0.717, 1.165) is 37.1 Å². The van der Waals surface area contributed by atoms with Crippen LogP contribution in [0.15, 0.2) is 24.3 Å². The number of carbonyl (C=O) groups excluding carboxylic acids is 2. The van der Waals surface area contributed by atoms with Crippen LogP contribution in [0.3, 0.4) is 0 Å². The number of benzene rings is 1. The van der Waals surface area contributed by atoms with Crippen LogP contribution in [0.2, 0.25) is 0 Å². The van der Waals surface area contributed by atoms with Gasteiger partial charge in [0.25, 0.3) is 0 Å². The summed E-state index contributed by atoms with van der Waals surface area (Å²) < 4.78 is 0. The van der Waals surface area contributed by atoms with E-state index in [2.05, 4.69) is 16.0 Å². The van der Waals surface area contributed by atoms with Gasteiger partial charge in [-0.25, -0.2) is 4.79 Å². The summed E-state index contributed by atoms with van der Waals surface area (Å²) in [6.45, 7) is 1.23. The second-order valence-electron chi connectivity index (χ2n) is 7.39. The predicted octanol–water partition coefficient (Wildman–Crippen LogP) is 3.80. The molecule has 0 unspecified atom stereocenters. The highest BCUT2D eigenvalue weighted by Crippen LogP contribution is 2.27. The first-order chi connectivity index (χ1) is 12.2. The third-order valence-electron chi connectivity index (χ3n) is 5.40. The first-order valence-electron chi connectivity index (χ1n) is 9.62. The van der Waals surface area contributed by atoms with Crippen LogP contribution in [-0.4, -0.2) is 18.5 Å². The van der Waals surface area contributed by atoms with E-state index in [1.165, 1.54) is 32.1 Å². The summed E-state index contributed by atoms with van der Waals surface area (Å²) >= 11 is 0. The van der Waals surface area contributed by atoms with Crippen molar-refractivity contribution >= 4 is 17.6 Å². The second kappa shape index (κ2) is 8.88. The molecule has 0 atom stereocenters. The Morgan fingerprint density at radius 3 is 2.48 bits per heavy atom. The van der Waals surface area contributed by atoms with Crippen molar-refractivity contribution in [1.82, 2.24) is 10.6 Å². The van der Waals surface area contributed by atoms with Gasteiger partial charge in [-0.3, -0.25) is 4.79 Å². The zero-order chi connectivity index (χ0) is 17.5. The molecule has 0 bridgehead atoms. The summed E-state index contributed by atoms with van der Waals surface area (Å²) in [5.41, 5.74) is 1.79. The van der Waals surface area contributed by atoms with Crippen molar-refractivity contribution in [1.29, 1.82) is 0 Å². The maximum Gasteiger partial charge on any atom is 0.315 e. The molecule has 0 aromatic heterocycles. The maximum atomic E-state index is 12.0. The zero-order valence-corrected chi connectivity index (χ0v) is 14.9. The Kier molecular flexibility index (Phi) is 6.31. The molecule has 0 aliphatic heterocycles. The number of nitrogens with one attached hydrogen (secondary N) is 3. The first-order valence-corrected chi connectivity index (χ1v) is 9.62. The molecule has 0 radical (unpaired) electrons. The van der Waals surface area contributed by atoms with E-state index in [1.807, 2.05) is 24.3 Å². The first kappa shape index (κ1) is 17.8. The van der Waals surface area contributed by atoms with Gasteiger partial charge in [-0.15, -0.1) is 0 Å². The van der Waals surface area contributed by atoms with E-state index in [4.69, 9.17) is 0 Å². The molecule has 0 heterocycles. The van der Waals surface area contributed by atoms with Crippen molar-refractivity contribution in [3.8, 4) is 0 Å². The average Bonchev–Trinajstić information content (AvgIpc) is 2.58. The van der Waals surface area contributed by atoms with Crippen LogP contribution < -0.4 is 16.0 Å². The lowest BCUT2D eigenvalue weighted by atomic mass is 9.85. The summed E-state index contributed by atoms with van der Waals surface area (Å²) in [4.78, 5) is 24.0. The average molecular weight is 343 g/mol. The molecular weight excluding hydrogens is 314 g/mol. The fourth-order valence-corrected chi connectivity index (χ4v) is 3.55. The monoisotopic (exact) mass is 343 g/mol. The van der Waals surface area contributed by atoms with Crippen LogP contribution >= 0.6 is 0 Å². The zero-order valence-electron chi connectivity index (χ0n) is 14.9. The van der Waals surface area contributed by atoms with E-state index in [-0.39, 0.29) is 17.9 Å². The van der Waals surface area contributed by atoms with E-state index in [0.29, 0.717) is 12.5 Å². The molecular formula is C20H29N3O2. The Morgan fingerprint density at radius 1 is 0.960 bits per heavy atom. The van der Waals surface area contributed by atoms with Gasteiger partial charge in [0.05, 0.1) is 0 Å². The number of hydrogen-bond donors (Lipinski definition) is 3. The molecule has 3 rings (SSSR count). The molecule has 1 aromatic carbocycles. The Hall–Kier alpha value is -2.04. The molecule has 2 saturated carbocycles. The number of rotatable bonds is 6. The Morgan fingerprint density at radius 2 is 1.76 bits per heavy atom. The number of carbonyl (C=O) groups is 2. The summed E-state index contributed by atoms with van der Waals surface area (Å²) in [6.07, 6.45) is 9.49. The molecule has 0 spiro atoms. The van der Waals surface area contributed by atoms with Crippen LogP contribution in [0.25, 0.3) is 0 Å². The van der Waals surface area contributed by atoms with Crippen molar-refractivity contribution in [3.05, 3.63) is 29.8 Å².